The van der Waals surface area contributed by atoms with Gasteiger partial charge in [0.1, 0.15) is 5.78 Å². The summed E-state index contributed by atoms with van der Waals surface area (Å²) in [6, 6.07) is 0. The number of ketones is 1. The lowest BCUT2D eigenvalue weighted by Crippen LogP contribution is -2.23. The summed E-state index contributed by atoms with van der Waals surface area (Å²) in [5.41, 5.74) is 0. The Balaban J connectivity index is 2.39. The van der Waals surface area contributed by atoms with Crippen molar-refractivity contribution in [1.29, 1.82) is 0 Å². The molecule has 0 spiro atoms. The van der Waals surface area contributed by atoms with Crippen LogP contribution in [-0.2, 0) is 4.79 Å². The molecule has 1 aliphatic rings. The molecule has 0 bridgehead atoms. The molecule has 2 atom stereocenters. The van der Waals surface area contributed by atoms with E-state index in [1.54, 1.807) is 12.2 Å². The predicted molar refractivity (Wildman–Crippen MR) is 76.8 cm³/mol. The summed E-state index contributed by atoms with van der Waals surface area (Å²) in [5.74, 6) is -0.153. The number of aliphatic hydroxyl groups is 2. The first-order valence-electron chi connectivity index (χ1n) is 7.70. The van der Waals surface area contributed by atoms with Crippen LogP contribution in [0.1, 0.15) is 58.3 Å². The minimum atomic E-state index is -0.489. The molecule has 0 aromatic heterocycles. The van der Waals surface area contributed by atoms with Crippen LogP contribution < -0.4 is 0 Å². The van der Waals surface area contributed by atoms with Crippen molar-refractivity contribution in [1.82, 2.24) is 0 Å². The molecule has 0 radical (unpaired) electrons. The number of unbranched alkanes of at least 4 members (excludes halogenated alkanes) is 2. The van der Waals surface area contributed by atoms with Gasteiger partial charge in [-0.2, -0.15) is 0 Å². The van der Waals surface area contributed by atoms with Gasteiger partial charge in [-0.3, -0.25) is 4.79 Å². The van der Waals surface area contributed by atoms with Crippen LogP contribution in [0.2, 0.25) is 0 Å². The van der Waals surface area contributed by atoms with Gasteiger partial charge in [0.2, 0.25) is 0 Å². The van der Waals surface area contributed by atoms with Gasteiger partial charge >= 0.3 is 0 Å². The largest absolute Gasteiger partial charge is 0.395 e. The zero-order valence-electron chi connectivity index (χ0n) is 12.1. The molecule has 0 saturated heterocycles. The fraction of sp³-hybridized carbons (Fsp3) is 0.812. The van der Waals surface area contributed by atoms with Crippen LogP contribution in [0.5, 0.6) is 0 Å². The third-order valence-corrected chi connectivity index (χ3v) is 3.99. The fourth-order valence-corrected chi connectivity index (χ4v) is 2.72. The van der Waals surface area contributed by atoms with Crippen LogP contribution >= 0.6 is 0 Å². The first-order chi connectivity index (χ1) is 9.19. The third kappa shape index (κ3) is 5.87. The Labute approximate surface area is 116 Å². The van der Waals surface area contributed by atoms with Crippen LogP contribution in [0, 0.1) is 11.8 Å². The van der Waals surface area contributed by atoms with Crippen molar-refractivity contribution in [3.63, 3.8) is 0 Å². The molecule has 2 N–H and O–H groups in total. The maximum Gasteiger partial charge on any atom is 0.145 e. The topological polar surface area (TPSA) is 57.5 Å². The minimum Gasteiger partial charge on any atom is -0.395 e. The van der Waals surface area contributed by atoms with Crippen molar-refractivity contribution >= 4 is 5.78 Å². The van der Waals surface area contributed by atoms with Gasteiger partial charge in [0.15, 0.2) is 0 Å². The lowest BCUT2D eigenvalue weighted by Gasteiger charge is -2.14. The zero-order chi connectivity index (χ0) is 14.1. The van der Waals surface area contributed by atoms with Crippen molar-refractivity contribution in [3.05, 3.63) is 12.2 Å². The van der Waals surface area contributed by atoms with Crippen molar-refractivity contribution in [2.75, 3.05) is 6.61 Å². The number of Topliss-reactive ketones (excluding diaryl/α,β-unsaturated/α-hetero) is 1. The van der Waals surface area contributed by atoms with Gasteiger partial charge in [-0.05, 0) is 19.3 Å². The van der Waals surface area contributed by atoms with Crippen LogP contribution in [0.25, 0.3) is 0 Å². The second-order valence-corrected chi connectivity index (χ2v) is 5.62. The SMILES string of the molecule is CCCCC[C@H](O)C=CC(CO)C(=O)C1CCCC1. The van der Waals surface area contributed by atoms with E-state index in [4.69, 9.17) is 0 Å². The normalized spacial score (nSPS) is 19.9. The zero-order valence-corrected chi connectivity index (χ0v) is 12.1. The molecule has 0 amide bonds. The monoisotopic (exact) mass is 268 g/mol. The second-order valence-electron chi connectivity index (χ2n) is 5.62. The molecule has 0 aromatic carbocycles. The van der Waals surface area contributed by atoms with Crippen LogP contribution in [0.4, 0.5) is 0 Å². The Morgan fingerprint density at radius 2 is 1.95 bits per heavy atom. The number of hydrogen-bond donors (Lipinski definition) is 2. The van der Waals surface area contributed by atoms with Gasteiger partial charge in [0, 0.05) is 5.92 Å². The average Bonchev–Trinajstić information content (AvgIpc) is 2.93. The first-order valence-corrected chi connectivity index (χ1v) is 7.70. The van der Waals surface area contributed by atoms with Gasteiger partial charge in [-0.15, -0.1) is 0 Å². The highest BCUT2D eigenvalue weighted by molar-refractivity contribution is 5.85. The molecule has 0 heterocycles. The number of rotatable bonds is 9. The Hall–Kier alpha value is -0.670. The Morgan fingerprint density at radius 1 is 1.26 bits per heavy atom. The van der Waals surface area contributed by atoms with E-state index in [-0.39, 0.29) is 18.3 Å². The molecule has 3 heteroatoms. The number of aliphatic hydroxyl groups excluding tert-OH is 2. The van der Waals surface area contributed by atoms with Crippen molar-refractivity contribution in [2.24, 2.45) is 11.8 Å². The average molecular weight is 268 g/mol. The Bertz CT molecular complexity index is 280. The fourth-order valence-electron chi connectivity index (χ4n) is 2.72. The maximum atomic E-state index is 12.2. The molecule has 1 aliphatic carbocycles. The molecular formula is C16H28O3. The van der Waals surface area contributed by atoms with E-state index in [9.17, 15) is 15.0 Å². The first kappa shape index (κ1) is 16.4. The standard InChI is InChI=1S/C16H28O3/c1-2-3-4-9-15(18)11-10-14(12-17)16(19)13-7-5-6-8-13/h10-11,13-15,17-18H,2-9,12H2,1H3/t14?,15-/m0/s1. The number of carbonyl (C=O) groups excluding carboxylic acids is 1. The van der Waals surface area contributed by atoms with Gasteiger partial charge in [-0.25, -0.2) is 0 Å². The molecule has 1 fully saturated rings. The highest BCUT2D eigenvalue weighted by atomic mass is 16.3. The van der Waals surface area contributed by atoms with Crippen LogP contribution in [0.3, 0.4) is 0 Å². The van der Waals surface area contributed by atoms with Gasteiger partial charge in [0.25, 0.3) is 0 Å². The predicted octanol–water partition coefficient (Wildman–Crippen LogP) is 2.85. The summed E-state index contributed by atoms with van der Waals surface area (Å²) in [7, 11) is 0. The van der Waals surface area contributed by atoms with E-state index < -0.39 is 12.0 Å². The molecule has 0 aromatic rings. The van der Waals surface area contributed by atoms with Gasteiger partial charge in [0.05, 0.1) is 18.6 Å². The van der Waals surface area contributed by atoms with E-state index in [0.717, 1.165) is 51.4 Å². The molecule has 1 saturated carbocycles. The molecule has 19 heavy (non-hydrogen) atoms. The van der Waals surface area contributed by atoms with Crippen LogP contribution in [-0.4, -0.2) is 28.7 Å². The van der Waals surface area contributed by atoms with E-state index in [1.165, 1.54) is 0 Å². The summed E-state index contributed by atoms with van der Waals surface area (Å²) in [4.78, 5) is 12.2. The highest BCUT2D eigenvalue weighted by Gasteiger charge is 2.27. The lowest BCUT2D eigenvalue weighted by atomic mass is 9.91. The lowest BCUT2D eigenvalue weighted by molar-refractivity contribution is -0.126. The van der Waals surface area contributed by atoms with Gasteiger partial charge in [-0.1, -0.05) is 51.2 Å². The molecule has 110 valence electrons. The quantitative estimate of drug-likeness (QED) is 0.499. The second kappa shape index (κ2) is 9.27. The number of hydrogen-bond acceptors (Lipinski definition) is 3. The van der Waals surface area contributed by atoms with Crippen molar-refractivity contribution in [3.8, 4) is 0 Å². The maximum absolute atomic E-state index is 12.2. The summed E-state index contributed by atoms with van der Waals surface area (Å²) in [6.45, 7) is 1.98. The Kier molecular flexibility index (Phi) is 7.99. The third-order valence-electron chi connectivity index (χ3n) is 3.99. The van der Waals surface area contributed by atoms with Gasteiger partial charge < -0.3 is 10.2 Å². The van der Waals surface area contributed by atoms with E-state index in [2.05, 4.69) is 6.92 Å². The smallest absolute Gasteiger partial charge is 0.145 e. The molecule has 0 aliphatic heterocycles. The molecule has 3 nitrogen and oxygen atoms in total. The van der Waals surface area contributed by atoms with E-state index in [0.29, 0.717) is 0 Å². The van der Waals surface area contributed by atoms with E-state index >= 15 is 0 Å². The van der Waals surface area contributed by atoms with E-state index in [1.807, 2.05) is 0 Å². The van der Waals surface area contributed by atoms with Crippen molar-refractivity contribution in [2.45, 2.75) is 64.4 Å². The molecule has 1 rings (SSSR count). The molecular weight excluding hydrogens is 240 g/mol. The summed E-state index contributed by atoms with van der Waals surface area (Å²) >= 11 is 0. The molecule has 1 unspecified atom stereocenters. The highest BCUT2D eigenvalue weighted by Crippen LogP contribution is 2.28. The minimum absolute atomic E-state index is 0.124. The van der Waals surface area contributed by atoms with Crippen LogP contribution in [0.15, 0.2) is 12.2 Å². The summed E-state index contributed by atoms with van der Waals surface area (Å²) in [5, 5.41) is 19.1. The van der Waals surface area contributed by atoms with Crippen molar-refractivity contribution < 1.29 is 15.0 Å². The summed E-state index contributed by atoms with van der Waals surface area (Å²) < 4.78 is 0. The summed E-state index contributed by atoms with van der Waals surface area (Å²) in [6.07, 6.45) is 11.1. The Morgan fingerprint density at radius 3 is 2.53 bits per heavy atom. The number of carbonyl (C=O) groups is 1.